The second-order valence-corrected chi connectivity index (χ2v) is 6.21. The molecule has 0 bridgehead atoms. The van der Waals surface area contributed by atoms with E-state index >= 15 is 0 Å². The molecule has 0 spiro atoms. The number of nitrogens with zero attached hydrogens (tertiary/aromatic N) is 3. The fourth-order valence-electron chi connectivity index (χ4n) is 2.05. The molecule has 0 unspecified atom stereocenters. The lowest BCUT2D eigenvalue weighted by molar-refractivity contribution is 0.419. The normalized spacial score (nSPS) is 11.1. The molecule has 3 heterocycles. The van der Waals surface area contributed by atoms with E-state index in [0.29, 0.717) is 11.7 Å². The molecule has 0 fully saturated rings. The molecule has 120 valence electrons. The average Bonchev–Trinajstić information content (AvgIpc) is 3.17. The maximum absolute atomic E-state index is 5.46. The van der Waals surface area contributed by atoms with Gasteiger partial charge in [-0.15, -0.1) is 0 Å². The lowest BCUT2D eigenvalue weighted by Gasteiger charge is -2.05. The highest BCUT2D eigenvalue weighted by Gasteiger charge is 2.12. The van der Waals surface area contributed by atoms with E-state index in [-0.39, 0.29) is 5.92 Å². The van der Waals surface area contributed by atoms with E-state index in [0.717, 1.165) is 34.8 Å². The molecule has 0 aliphatic carbocycles. The monoisotopic (exact) mass is 376 g/mol. The minimum Gasteiger partial charge on any atom is -0.454 e. The topological polar surface area (TPSA) is 77.0 Å². The molecule has 3 aromatic rings. The van der Waals surface area contributed by atoms with Gasteiger partial charge in [0.1, 0.15) is 11.6 Å². The first kappa shape index (κ1) is 15.7. The number of hydrogen-bond acceptors (Lipinski definition) is 6. The van der Waals surface area contributed by atoms with Crippen LogP contribution >= 0.6 is 15.9 Å². The molecule has 3 aromatic heterocycles. The highest BCUT2D eigenvalue weighted by Crippen LogP contribution is 2.21. The van der Waals surface area contributed by atoms with Crippen molar-refractivity contribution in [2.45, 2.75) is 26.2 Å². The number of nitrogens with one attached hydrogen (secondary N) is 1. The number of hydrogen-bond donors (Lipinski definition) is 1. The maximum Gasteiger partial charge on any atom is 0.258 e. The quantitative estimate of drug-likeness (QED) is 0.692. The SMILES string of the molecule is CC(C)c1noc(-c2ccnc(NCCc3ccc(Br)o3)c2)n1. The Morgan fingerprint density at radius 3 is 2.83 bits per heavy atom. The van der Waals surface area contributed by atoms with Crippen LogP contribution in [0.1, 0.15) is 31.4 Å². The molecule has 7 heteroatoms. The van der Waals surface area contributed by atoms with Crippen LogP contribution in [0.25, 0.3) is 11.5 Å². The molecule has 6 nitrogen and oxygen atoms in total. The summed E-state index contributed by atoms with van der Waals surface area (Å²) in [7, 11) is 0. The number of aromatic nitrogens is 3. The first-order chi connectivity index (χ1) is 11.1. The van der Waals surface area contributed by atoms with Crippen LogP contribution < -0.4 is 5.32 Å². The highest BCUT2D eigenvalue weighted by atomic mass is 79.9. The van der Waals surface area contributed by atoms with Gasteiger partial charge in [0.15, 0.2) is 10.5 Å². The summed E-state index contributed by atoms with van der Waals surface area (Å²) in [5.74, 6) is 3.12. The third kappa shape index (κ3) is 3.98. The van der Waals surface area contributed by atoms with Gasteiger partial charge >= 0.3 is 0 Å². The van der Waals surface area contributed by atoms with Gasteiger partial charge in [0.25, 0.3) is 5.89 Å². The van der Waals surface area contributed by atoms with Crippen molar-refractivity contribution in [3.8, 4) is 11.5 Å². The molecule has 0 aliphatic heterocycles. The lowest BCUT2D eigenvalue weighted by Crippen LogP contribution is -2.05. The Kier molecular flexibility index (Phi) is 4.76. The Labute approximate surface area is 142 Å². The molecule has 3 rings (SSSR count). The molecule has 1 N–H and O–H groups in total. The zero-order valence-electron chi connectivity index (χ0n) is 12.9. The Morgan fingerprint density at radius 1 is 1.26 bits per heavy atom. The van der Waals surface area contributed by atoms with Crippen molar-refractivity contribution in [1.82, 2.24) is 15.1 Å². The predicted molar refractivity (Wildman–Crippen MR) is 90.2 cm³/mol. The Bertz CT molecular complexity index is 782. The van der Waals surface area contributed by atoms with Crippen molar-refractivity contribution in [2.75, 3.05) is 11.9 Å². The summed E-state index contributed by atoms with van der Waals surface area (Å²) in [6, 6.07) is 7.58. The van der Waals surface area contributed by atoms with Crippen molar-refractivity contribution < 1.29 is 8.94 Å². The van der Waals surface area contributed by atoms with Gasteiger partial charge < -0.3 is 14.3 Å². The minimum absolute atomic E-state index is 0.236. The van der Waals surface area contributed by atoms with Gasteiger partial charge in [0.2, 0.25) is 0 Å². The van der Waals surface area contributed by atoms with Crippen LogP contribution in [0, 0.1) is 0 Å². The Balaban J connectivity index is 1.64. The summed E-state index contributed by atoms with van der Waals surface area (Å²) in [4.78, 5) is 8.70. The van der Waals surface area contributed by atoms with Crippen LogP contribution in [0.4, 0.5) is 5.82 Å². The predicted octanol–water partition coefficient (Wildman–Crippen LogP) is 4.27. The van der Waals surface area contributed by atoms with E-state index < -0.39 is 0 Å². The largest absolute Gasteiger partial charge is 0.454 e. The Morgan fingerprint density at radius 2 is 2.13 bits per heavy atom. The van der Waals surface area contributed by atoms with E-state index in [4.69, 9.17) is 8.94 Å². The average molecular weight is 377 g/mol. The molecule has 23 heavy (non-hydrogen) atoms. The fourth-order valence-corrected chi connectivity index (χ4v) is 2.39. The van der Waals surface area contributed by atoms with Gasteiger partial charge in [-0.2, -0.15) is 4.98 Å². The molecule has 0 saturated heterocycles. The van der Waals surface area contributed by atoms with Crippen LogP contribution in [0.3, 0.4) is 0 Å². The summed E-state index contributed by atoms with van der Waals surface area (Å²) in [5, 5.41) is 7.25. The molecule has 0 saturated carbocycles. The number of halogens is 1. The zero-order chi connectivity index (χ0) is 16.2. The summed E-state index contributed by atoms with van der Waals surface area (Å²) in [6.07, 6.45) is 2.50. The van der Waals surface area contributed by atoms with E-state index in [1.165, 1.54) is 0 Å². The molecular formula is C16H17BrN4O2. The van der Waals surface area contributed by atoms with E-state index in [1.54, 1.807) is 6.20 Å². The molecule has 0 aromatic carbocycles. The van der Waals surface area contributed by atoms with Crippen LogP contribution in [0.5, 0.6) is 0 Å². The van der Waals surface area contributed by atoms with Crippen molar-refractivity contribution in [3.63, 3.8) is 0 Å². The van der Waals surface area contributed by atoms with Crippen LogP contribution in [-0.2, 0) is 6.42 Å². The number of furan rings is 1. The van der Waals surface area contributed by atoms with Crippen molar-refractivity contribution in [1.29, 1.82) is 0 Å². The maximum atomic E-state index is 5.46. The third-order valence-electron chi connectivity index (χ3n) is 3.27. The van der Waals surface area contributed by atoms with Gasteiger partial charge in [-0.3, -0.25) is 0 Å². The van der Waals surface area contributed by atoms with Crippen molar-refractivity contribution in [3.05, 3.63) is 46.7 Å². The molecular weight excluding hydrogens is 360 g/mol. The van der Waals surface area contributed by atoms with Crippen molar-refractivity contribution in [2.24, 2.45) is 0 Å². The second-order valence-electron chi connectivity index (χ2n) is 5.42. The van der Waals surface area contributed by atoms with Crippen LogP contribution in [0.15, 0.2) is 44.1 Å². The number of pyridine rings is 1. The van der Waals surface area contributed by atoms with E-state index in [1.807, 2.05) is 38.1 Å². The molecule has 0 aliphatic rings. The van der Waals surface area contributed by atoms with Gasteiger partial charge in [0.05, 0.1) is 0 Å². The second kappa shape index (κ2) is 6.95. The van der Waals surface area contributed by atoms with Crippen LogP contribution in [0.2, 0.25) is 0 Å². The van der Waals surface area contributed by atoms with Gasteiger partial charge in [-0.05, 0) is 40.2 Å². The van der Waals surface area contributed by atoms with E-state index in [2.05, 4.69) is 36.4 Å². The number of anilines is 1. The summed E-state index contributed by atoms with van der Waals surface area (Å²) in [5.41, 5.74) is 0.850. The lowest BCUT2D eigenvalue weighted by atomic mass is 10.2. The zero-order valence-corrected chi connectivity index (χ0v) is 14.5. The smallest absolute Gasteiger partial charge is 0.258 e. The fraction of sp³-hybridized carbons (Fsp3) is 0.312. The minimum atomic E-state index is 0.236. The van der Waals surface area contributed by atoms with Gasteiger partial charge in [-0.1, -0.05) is 19.0 Å². The van der Waals surface area contributed by atoms with Gasteiger partial charge in [-0.25, -0.2) is 4.98 Å². The highest BCUT2D eigenvalue weighted by molar-refractivity contribution is 9.10. The number of rotatable bonds is 6. The molecule has 0 radical (unpaired) electrons. The summed E-state index contributed by atoms with van der Waals surface area (Å²) < 4.78 is 11.5. The summed E-state index contributed by atoms with van der Waals surface area (Å²) in [6.45, 7) is 4.78. The molecule has 0 atom stereocenters. The standard InChI is InChI=1S/C16H17BrN4O2/c1-10(2)15-20-16(23-21-15)11-5-7-18-14(9-11)19-8-6-12-3-4-13(17)22-12/h3-5,7,9-10H,6,8H2,1-2H3,(H,18,19). The van der Waals surface area contributed by atoms with Crippen LogP contribution in [-0.4, -0.2) is 21.7 Å². The Hall–Kier alpha value is -2.15. The summed E-state index contributed by atoms with van der Waals surface area (Å²) >= 11 is 3.29. The third-order valence-corrected chi connectivity index (χ3v) is 3.70. The first-order valence-electron chi connectivity index (χ1n) is 7.40. The van der Waals surface area contributed by atoms with Gasteiger partial charge in [0, 0.05) is 30.6 Å². The van der Waals surface area contributed by atoms with Crippen molar-refractivity contribution >= 4 is 21.7 Å². The molecule has 0 amide bonds. The van der Waals surface area contributed by atoms with E-state index in [9.17, 15) is 0 Å². The first-order valence-corrected chi connectivity index (χ1v) is 8.19.